The highest BCUT2D eigenvalue weighted by Gasteiger charge is 2.16. The number of nitrogens with two attached hydrogens (primary N) is 1. The monoisotopic (exact) mass is 351 g/mol. The fraction of sp³-hybridized carbons (Fsp3) is 0.308. The molecule has 2 aromatic rings. The van der Waals surface area contributed by atoms with E-state index in [9.17, 15) is 0 Å². The molecule has 2 N–H and O–H groups in total. The minimum Gasteiger partial charge on any atom is -0.424 e. The molecule has 0 unspecified atom stereocenters. The molecule has 1 aromatic heterocycles. The molecule has 3 rings (SSSR count). The van der Waals surface area contributed by atoms with Gasteiger partial charge in [-0.05, 0) is 24.3 Å². The maximum absolute atomic E-state index is 5.74. The molecule has 1 aromatic carbocycles. The van der Waals surface area contributed by atoms with Gasteiger partial charge in [0, 0.05) is 17.6 Å². The summed E-state index contributed by atoms with van der Waals surface area (Å²) in [6.45, 7) is 2.74. The van der Waals surface area contributed by atoms with Gasteiger partial charge in [0.25, 0.3) is 0 Å². The zero-order valence-electron chi connectivity index (χ0n) is 11.2. The van der Waals surface area contributed by atoms with Crippen LogP contribution in [-0.4, -0.2) is 41.3 Å². The molecular weight excluding hydrogens is 338 g/mol. The summed E-state index contributed by atoms with van der Waals surface area (Å²) >= 11 is 3.37. The SMILES string of the molecule is Nc1nc(Oc2ccc(Br)cc2)nc(N2CCOCC2)n1. The molecule has 21 heavy (non-hydrogen) atoms. The third kappa shape index (κ3) is 3.59. The Morgan fingerprint density at radius 2 is 1.81 bits per heavy atom. The van der Waals surface area contributed by atoms with Gasteiger partial charge in [-0.3, -0.25) is 0 Å². The van der Waals surface area contributed by atoms with Gasteiger partial charge in [0.15, 0.2) is 0 Å². The van der Waals surface area contributed by atoms with Crippen LogP contribution in [0.5, 0.6) is 11.8 Å². The largest absolute Gasteiger partial charge is 0.424 e. The fourth-order valence-corrected chi connectivity index (χ4v) is 2.18. The number of morpholine rings is 1. The lowest BCUT2D eigenvalue weighted by Crippen LogP contribution is -2.37. The molecule has 0 aliphatic carbocycles. The second kappa shape index (κ2) is 6.23. The summed E-state index contributed by atoms with van der Waals surface area (Å²) in [5.41, 5.74) is 5.74. The Morgan fingerprint density at radius 1 is 1.10 bits per heavy atom. The van der Waals surface area contributed by atoms with Crippen molar-refractivity contribution in [3.8, 4) is 11.8 Å². The van der Waals surface area contributed by atoms with Gasteiger partial charge in [-0.1, -0.05) is 15.9 Å². The number of halogens is 1. The lowest BCUT2D eigenvalue weighted by atomic mass is 10.3. The van der Waals surface area contributed by atoms with Crippen molar-refractivity contribution in [3.63, 3.8) is 0 Å². The topological polar surface area (TPSA) is 86.4 Å². The Labute approximate surface area is 130 Å². The third-order valence-electron chi connectivity index (χ3n) is 2.94. The molecule has 110 valence electrons. The third-order valence-corrected chi connectivity index (χ3v) is 3.47. The van der Waals surface area contributed by atoms with Gasteiger partial charge in [0.05, 0.1) is 13.2 Å². The average Bonchev–Trinajstić information content (AvgIpc) is 2.50. The lowest BCUT2D eigenvalue weighted by Gasteiger charge is -2.26. The van der Waals surface area contributed by atoms with Crippen LogP contribution < -0.4 is 15.4 Å². The number of hydrogen-bond donors (Lipinski definition) is 1. The second-order valence-corrected chi connectivity index (χ2v) is 5.35. The van der Waals surface area contributed by atoms with E-state index in [1.807, 2.05) is 29.2 Å². The second-order valence-electron chi connectivity index (χ2n) is 4.43. The van der Waals surface area contributed by atoms with Crippen molar-refractivity contribution < 1.29 is 9.47 Å². The van der Waals surface area contributed by atoms with Gasteiger partial charge in [-0.25, -0.2) is 0 Å². The van der Waals surface area contributed by atoms with Gasteiger partial charge in [-0.15, -0.1) is 0 Å². The summed E-state index contributed by atoms with van der Waals surface area (Å²) in [6.07, 6.45) is 0. The van der Waals surface area contributed by atoms with E-state index < -0.39 is 0 Å². The Morgan fingerprint density at radius 3 is 2.52 bits per heavy atom. The summed E-state index contributed by atoms with van der Waals surface area (Å²) < 4.78 is 11.9. The Balaban J connectivity index is 1.81. The summed E-state index contributed by atoms with van der Waals surface area (Å²) in [6, 6.07) is 7.58. The minimum absolute atomic E-state index is 0.138. The van der Waals surface area contributed by atoms with Crippen LogP contribution in [-0.2, 0) is 4.74 Å². The summed E-state index contributed by atoms with van der Waals surface area (Å²) in [7, 11) is 0. The molecule has 1 saturated heterocycles. The Kier molecular flexibility index (Phi) is 4.16. The predicted molar refractivity (Wildman–Crippen MR) is 81.5 cm³/mol. The molecule has 0 spiro atoms. The maximum atomic E-state index is 5.74. The van der Waals surface area contributed by atoms with Crippen molar-refractivity contribution in [2.75, 3.05) is 36.9 Å². The van der Waals surface area contributed by atoms with Crippen molar-refractivity contribution in [2.24, 2.45) is 0 Å². The average molecular weight is 352 g/mol. The predicted octanol–water partition coefficient (Wildman–Crippen LogP) is 1.85. The number of anilines is 2. The number of ether oxygens (including phenoxy) is 2. The number of aromatic nitrogens is 3. The van der Waals surface area contributed by atoms with Crippen LogP contribution in [0.25, 0.3) is 0 Å². The van der Waals surface area contributed by atoms with Crippen LogP contribution >= 0.6 is 15.9 Å². The molecular formula is C13H14BrN5O2. The quantitative estimate of drug-likeness (QED) is 0.902. The first kappa shape index (κ1) is 14.0. The maximum Gasteiger partial charge on any atom is 0.328 e. The minimum atomic E-state index is 0.138. The first-order chi connectivity index (χ1) is 10.2. The van der Waals surface area contributed by atoms with E-state index in [-0.39, 0.29) is 12.0 Å². The van der Waals surface area contributed by atoms with E-state index in [0.29, 0.717) is 24.9 Å². The molecule has 1 aliphatic heterocycles. The molecule has 0 saturated carbocycles. The van der Waals surface area contributed by atoms with E-state index in [0.717, 1.165) is 17.6 Å². The Hall–Kier alpha value is -1.93. The molecule has 1 aliphatic rings. The molecule has 2 heterocycles. The van der Waals surface area contributed by atoms with Crippen LogP contribution in [0, 0.1) is 0 Å². The Bertz CT molecular complexity index is 616. The fourth-order valence-electron chi connectivity index (χ4n) is 1.92. The molecule has 1 fully saturated rings. The van der Waals surface area contributed by atoms with E-state index in [2.05, 4.69) is 30.9 Å². The van der Waals surface area contributed by atoms with Crippen molar-refractivity contribution in [3.05, 3.63) is 28.7 Å². The van der Waals surface area contributed by atoms with Crippen molar-refractivity contribution in [1.29, 1.82) is 0 Å². The lowest BCUT2D eigenvalue weighted by molar-refractivity contribution is 0.122. The van der Waals surface area contributed by atoms with Gasteiger partial charge < -0.3 is 20.1 Å². The molecule has 0 amide bonds. The van der Waals surface area contributed by atoms with Crippen LogP contribution in [0.1, 0.15) is 0 Å². The van der Waals surface area contributed by atoms with E-state index in [4.69, 9.17) is 15.2 Å². The first-order valence-corrected chi connectivity index (χ1v) is 7.28. The molecule has 7 nitrogen and oxygen atoms in total. The van der Waals surface area contributed by atoms with E-state index >= 15 is 0 Å². The smallest absolute Gasteiger partial charge is 0.328 e. The highest BCUT2D eigenvalue weighted by Crippen LogP contribution is 2.22. The molecule has 0 atom stereocenters. The van der Waals surface area contributed by atoms with Crippen LogP contribution in [0.3, 0.4) is 0 Å². The van der Waals surface area contributed by atoms with Gasteiger partial charge in [0.2, 0.25) is 11.9 Å². The van der Waals surface area contributed by atoms with Crippen LogP contribution in [0.15, 0.2) is 28.7 Å². The van der Waals surface area contributed by atoms with E-state index in [1.54, 1.807) is 0 Å². The summed E-state index contributed by atoms with van der Waals surface area (Å²) in [5.74, 6) is 1.29. The van der Waals surface area contributed by atoms with Crippen molar-refractivity contribution in [1.82, 2.24) is 15.0 Å². The van der Waals surface area contributed by atoms with Gasteiger partial charge >= 0.3 is 6.01 Å². The number of rotatable bonds is 3. The van der Waals surface area contributed by atoms with E-state index in [1.165, 1.54) is 0 Å². The number of hydrogen-bond acceptors (Lipinski definition) is 7. The summed E-state index contributed by atoms with van der Waals surface area (Å²) in [5, 5.41) is 0. The normalized spacial score (nSPS) is 15.0. The van der Waals surface area contributed by atoms with Crippen molar-refractivity contribution in [2.45, 2.75) is 0 Å². The highest BCUT2D eigenvalue weighted by molar-refractivity contribution is 9.10. The standard InChI is InChI=1S/C13H14BrN5O2/c14-9-1-3-10(4-2-9)21-13-17-11(15)16-12(18-13)19-5-7-20-8-6-19/h1-4H,5-8H2,(H2,15,16,17,18). The van der Waals surface area contributed by atoms with Gasteiger partial charge in [-0.2, -0.15) is 15.0 Å². The van der Waals surface area contributed by atoms with Crippen molar-refractivity contribution >= 4 is 27.8 Å². The number of nitrogens with zero attached hydrogens (tertiary/aromatic N) is 4. The zero-order chi connectivity index (χ0) is 14.7. The zero-order valence-corrected chi connectivity index (χ0v) is 12.8. The molecule has 0 radical (unpaired) electrons. The molecule has 0 bridgehead atoms. The number of nitrogen functional groups attached to an aromatic ring is 1. The first-order valence-electron chi connectivity index (χ1n) is 6.48. The van der Waals surface area contributed by atoms with Gasteiger partial charge in [0.1, 0.15) is 5.75 Å². The van der Waals surface area contributed by atoms with Crippen LogP contribution in [0.4, 0.5) is 11.9 Å². The van der Waals surface area contributed by atoms with Crippen LogP contribution in [0.2, 0.25) is 0 Å². The summed E-state index contributed by atoms with van der Waals surface area (Å²) in [4.78, 5) is 14.5. The highest BCUT2D eigenvalue weighted by atomic mass is 79.9. The molecule has 8 heteroatoms. The number of benzene rings is 1.